The number of nitrogens with one attached hydrogen (secondary N) is 1. The normalized spacial score (nSPS) is 11.6. The number of rotatable bonds is 8. The van der Waals surface area contributed by atoms with Gasteiger partial charge in [0.25, 0.3) is 5.91 Å². The molecule has 1 N–H and O–H groups in total. The molecular weight excluding hydrogens is 386 g/mol. The summed E-state index contributed by atoms with van der Waals surface area (Å²) in [5, 5.41) is 3.07. The first-order valence-corrected chi connectivity index (χ1v) is 10.7. The molecule has 162 valence electrons. The molecule has 1 amide bonds. The van der Waals surface area contributed by atoms with Crippen molar-refractivity contribution in [3.8, 4) is 11.5 Å². The number of hydrogen-bond acceptors (Lipinski definition) is 3. The third-order valence-corrected chi connectivity index (χ3v) is 5.42. The van der Waals surface area contributed by atoms with E-state index in [-0.39, 0.29) is 11.9 Å². The smallest absolute Gasteiger partial charge is 0.251 e. The van der Waals surface area contributed by atoms with Crippen LogP contribution in [0.25, 0.3) is 0 Å². The second-order valence-corrected chi connectivity index (χ2v) is 7.85. The van der Waals surface area contributed by atoms with Gasteiger partial charge in [0.1, 0.15) is 18.1 Å². The number of ether oxygens (including phenoxy) is 2. The fourth-order valence-corrected chi connectivity index (χ4v) is 3.54. The zero-order valence-corrected chi connectivity index (χ0v) is 19.0. The lowest BCUT2D eigenvalue weighted by Gasteiger charge is -2.17. The molecule has 4 nitrogen and oxygen atoms in total. The summed E-state index contributed by atoms with van der Waals surface area (Å²) in [7, 11) is 0. The van der Waals surface area contributed by atoms with Crippen LogP contribution in [0.5, 0.6) is 11.5 Å². The summed E-state index contributed by atoms with van der Waals surface area (Å²) in [5.74, 6) is 1.47. The maximum Gasteiger partial charge on any atom is 0.251 e. The highest BCUT2D eigenvalue weighted by molar-refractivity contribution is 5.94. The molecule has 0 aliphatic carbocycles. The summed E-state index contributed by atoms with van der Waals surface area (Å²) in [6.45, 7) is 11.0. The zero-order chi connectivity index (χ0) is 22.4. The fourth-order valence-electron chi connectivity index (χ4n) is 3.54. The standard InChI is InChI=1S/C27H31NO3/c1-6-30-25-13-12-23(27(29)28-21(5)22-10-8-7-9-11-22)16-24(25)17-31-26-15-18(2)14-19(3)20(26)4/h7-16,21H,6,17H2,1-5H3,(H,28,29)/t21-/m1/s1. The van der Waals surface area contributed by atoms with Crippen molar-refractivity contribution in [3.63, 3.8) is 0 Å². The Labute approximate surface area is 185 Å². The summed E-state index contributed by atoms with van der Waals surface area (Å²) in [4.78, 5) is 12.9. The van der Waals surface area contributed by atoms with Gasteiger partial charge in [0.15, 0.2) is 0 Å². The lowest BCUT2D eigenvalue weighted by Crippen LogP contribution is -2.26. The zero-order valence-electron chi connectivity index (χ0n) is 19.0. The van der Waals surface area contributed by atoms with Crippen LogP contribution in [0.4, 0.5) is 0 Å². The van der Waals surface area contributed by atoms with Gasteiger partial charge in [-0.05, 0) is 81.1 Å². The largest absolute Gasteiger partial charge is 0.493 e. The number of benzene rings is 3. The Morgan fingerprint density at radius 3 is 2.39 bits per heavy atom. The second kappa shape index (κ2) is 10.2. The molecule has 0 saturated carbocycles. The maximum atomic E-state index is 12.9. The summed E-state index contributed by atoms with van der Waals surface area (Å²) in [5.41, 5.74) is 5.97. The predicted octanol–water partition coefficient (Wildman–Crippen LogP) is 6.08. The molecule has 0 aliphatic heterocycles. The molecule has 0 unspecified atom stereocenters. The van der Waals surface area contributed by atoms with Gasteiger partial charge in [-0.15, -0.1) is 0 Å². The van der Waals surface area contributed by atoms with Crippen LogP contribution in [0.2, 0.25) is 0 Å². The van der Waals surface area contributed by atoms with Crippen molar-refractivity contribution < 1.29 is 14.3 Å². The minimum absolute atomic E-state index is 0.0853. The molecular formula is C27H31NO3. The Morgan fingerprint density at radius 2 is 1.68 bits per heavy atom. The van der Waals surface area contributed by atoms with Gasteiger partial charge in [-0.25, -0.2) is 0 Å². The molecule has 1 atom stereocenters. The highest BCUT2D eigenvalue weighted by Gasteiger charge is 2.15. The molecule has 0 aliphatic rings. The van der Waals surface area contributed by atoms with E-state index in [1.54, 1.807) is 6.07 Å². The van der Waals surface area contributed by atoms with E-state index in [0.717, 1.165) is 33.8 Å². The monoisotopic (exact) mass is 417 g/mol. The van der Waals surface area contributed by atoms with Gasteiger partial charge >= 0.3 is 0 Å². The van der Waals surface area contributed by atoms with Gasteiger partial charge in [-0.2, -0.15) is 0 Å². The van der Waals surface area contributed by atoms with E-state index in [0.29, 0.717) is 18.8 Å². The van der Waals surface area contributed by atoms with Gasteiger partial charge in [-0.1, -0.05) is 36.4 Å². The Morgan fingerprint density at radius 1 is 0.935 bits per heavy atom. The van der Waals surface area contributed by atoms with Crippen LogP contribution >= 0.6 is 0 Å². The average Bonchev–Trinajstić information content (AvgIpc) is 2.76. The van der Waals surface area contributed by atoms with E-state index < -0.39 is 0 Å². The first-order chi connectivity index (χ1) is 14.9. The van der Waals surface area contributed by atoms with Crippen molar-refractivity contribution in [1.82, 2.24) is 5.32 Å². The third-order valence-electron chi connectivity index (χ3n) is 5.42. The van der Waals surface area contributed by atoms with E-state index in [2.05, 4.69) is 32.2 Å². The molecule has 3 aromatic carbocycles. The average molecular weight is 418 g/mol. The van der Waals surface area contributed by atoms with Gasteiger partial charge in [0.2, 0.25) is 0 Å². The van der Waals surface area contributed by atoms with Crippen LogP contribution in [0.3, 0.4) is 0 Å². The first kappa shape index (κ1) is 22.4. The summed E-state index contributed by atoms with van der Waals surface area (Å²) in [6.07, 6.45) is 0. The summed E-state index contributed by atoms with van der Waals surface area (Å²) < 4.78 is 11.9. The molecule has 3 aromatic rings. The SMILES string of the molecule is CCOc1ccc(C(=O)N[C@H](C)c2ccccc2)cc1COc1cc(C)cc(C)c1C. The van der Waals surface area contributed by atoms with Gasteiger partial charge < -0.3 is 14.8 Å². The van der Waals surface area contributed by atoms with Crippen LogP contribution in [0, 0.1) is 20.8 Å². The number of aryl methyl sites for hydroxylation is 2. The van der Waals surface area contributed by atoms with E-state index in [1.807, 2.05) is 62.4 Å². The van der Waals surface area contributed by atoms with E-state index in [1.165, 1.54) is 5.56 Å². The third kappa shape index (κ3) is 5.66. The molecule has 4 heteroatoms. The number of hydrogen-bond donors (Lipinski definition) is 1. The maximum absolute atomic E-state index is 12.9. The molecule has 31 heavy (non-hydrogen) atoms. The van der Waals surface area contributed by atoms with Crippen molar-refractivity contribution in [2.75, 3.05) is 6.61 Å². The Kier molecular flexibility index (Phi) is 7.35. The molecule has 0 fully saturated rings. The lowest BCUT2D eigenvalue weighted by molar-refractivity contribution is 0.0939. The summed E-state index contributed by atoms with van der Waals surface area (Å²) in [6, 6.07) is 19.5. The van der Waals surface area contributed by atoms with E-state index >= 15 is 0 Å². The van der Waals surface area contributed by atoms with E-state index in [4.69, 9.17) is 9.47 Å². The van der Waals surface area contributed by atoms with Crippen molar-refractivity contribution in [2.45, 2.75) is 47.3 Å². The number of carbonyl (C=O) groups excluding carboxylic acids is 1. The Hall–Kier alpha value is -3.27. The minimum atomic E-state index is -0.122. The van der Waals surface area contributed by atoms with Gasteiger partial charge in [-0.3, -0.25) is 4.79 Å². The highest BCUT2D eigenvalue weighted by Crippen LogP contribution is 2.27. The second-order valence-electron chi connectivity index (χ2n) is 7.85. The molecule has 0 saturated heterocycles. The molecule has 3 rings (SSSR count). The lowest BCUT2D eigenvalue weighted by atomic mass is 10.1. The van der Waals surface area contributed by atoms with Gasteiger partial charge in [0.05, 0.1) is 12.6 Å². The Balaban J connectivity index is 1.79. The Bertz CT molecular complexity index is 1040. The molecule has 0 bridgehead atoms. The van der Waals surface area contributed by atoms with Crippen molar-refractivity contribution in [2.24, 2.45) is 0 Å². The van der Waals surface area contributed by atoms with Crippen LogP contribution < -0.4 is 14.8 Å². The minimum Gasteiger partial charge on any atom is -0.493 e. The first-order valence-electron chi connectivity index (χ1n) is 10.7. The summed E-state index contributed by atoms with van der Waals surface area (Å²) >= 11 is 0. The van der Waals surface area contributed by atoms with Crippen LogP contribution in [-0.4, -0.2) is 12.5 Å². The van der Waals surface area contributed by atoms with Crippen LogP contribution in [0.1, 0.15) is 58.1 Å². The van der Waals surface area contributed by atoms with Crippen LogP contribution in [0.15, 0.2) is 60.7 Å². The molecule has 0 heterocycles. The van der Waals surface area contributed by atoms with Crippen molar-refractivity contribution >= 4 is 5.91 Å². The van der Waals surface area contributed by atoms with Crippen LogP contribution in [-0.2, 0) is 6.61 Å². The molecule has 0 spiro atoms. The topological polar surface area (TPSA) is 47.6 Å². The molecule has 0 aromatic heterocycles. The number of carbonyl (C=O) groups is 1. The molecule has 0 radical (unpaired) electrons. The van der Waals surface area contributed by atoms with E-state index in [9.17, 15) is 4.79 Å². The van der Waals surface area contributed by atoms with Gasteiger partial charge in [0, 0.05) is 11.1 Å². The fraction of sp³-hybridized carbons (Fsp3) is 0.296. The predicted molar refractivity (Wildman–Crippen MR) is 125 cm³/mol. The quantitative estimate of drug-likeness (QED) is 0.483. The highest BCUT2D eigenvalue weighted by atomic mass is 16.5. The van der Waals surface area contributed by atoms with Crippen molar-refractivity contribution in [3.05, 3.63) is 94.0 Å². The van der Waals surface area contributed by atoms with Crippen molar-refractivity contribution in [1.29, 1.82) is 0 Å². The number of amides is 1.